The van der Waals surface area contributed by atoms with Crippen molar-refractivity contribution in [2.75, 3.05) is 26.3 Å². The average Bonchev–Trinajstić information content (AvgIpc) is 3.15. The summed E-state index contributed by atoms with van der Waals surface area (Å²) >= 11 is 1.64. The third-order valence-electron chi connectivity index (χ3n) is 4.83. The van der Waals surface area contributed by atoms with E-state index in [1.807, 2.05) is 39.8 Å². The van der Waals surface area contributed by atoms with E-state index in [1.54, 1.807) is 33.3 Å². The van der Waals surface area contributed by atoms with Crippen LogP contribution < -0.4 is 0 Å². The van der Waals surface area contributed by atoms with Crippen molar-refractivity contribution in [1.29, 1.82) is 0 Å². The molecule has 5 nitrogen and oxygen atoms in total. The molecule has 2 rings (SSSR count). The van der Waals surface area contributed by atoms with Crippen molar-refractivity contribution < 1.29 is 18.7 Å². The molecule has 0 radical (unpaired) electrons. The summed E-state index contributed by atoms with van der Waals surface area (Å²) in [7, 11) is 0. The SMILES string of the molecule is CCOCCCN(CC(=O)N(Cc1ccc(F)cc1)Cc1ccc(C)s1)C(=O)C(C)C. The lowest BCUT2D eigenvalue weighted by Gasteiger charge is -2.28. The molecule has 0 saturated heterocycles. The van der Waals surface area contributed by atoms with Crippen molar-refractivity contribution in [3.8, 4) is 0 Å². The highest BCUT2D eigenvalue weighted by Crippen LogP contribution is 2.19. The number of hydrogen-bond acceptors (Lipinski definition) is 4. The maximum Gasteiger partial charge on any atom is 0.242 e. The topological polar surface area (TPSA) is 49.9 Å². The van der Waals surface area contributed by atoms with Gasteiger partial charge in [-0.3, -0.25) is 9.59 Å². The Kier molecular flexibility index (Phi) is 10.1. The lowest BCUT2D eigenvalue weighted by molar-refractivity contribution is -0.143. The first kappa shape index (κ1) is 25.0. The summed E-state index contributed by atoms with van der Waals surface area (Å²) in [5.41, 5.74) is 0.848. The molecule has 0 aliphatic carbocycles. The van der Waals surface area contributed by atoms with Crippen molar-refractivity contribution in [2.24, 2.45) is 5.92 Å². The molecule has 0 unspecified atom stereocenters. The number of carbonyl (C=O) groups excluding carboxylic acids is 2. The molecular formula is C24H33FN2O3S. The molecule has 31 heavy (non-hydrogen) atoms. The number of aryl methyl sites for hydroxylation is 1. The summed E-state index contributed by atoms with van der Waals surface area (Å²) < 4.78 is 18.7. The Hall–Kier alpha value is -2.25. The first-order chi connectivity index (χ1) is 14.8. The number of rotatable bonds is 12. The van der Waals surface area contributed by atoms with Gasteiger partial charge in [-0.2, -0.15) is 0 Å². The van der Waals surface area contributed by atoms with Crippen LogP contribution in [-0.2, 0) is 27.4 Å². The minimum absolute atomic E-state index is 0.0225. The van der Waals surface area contributed by atoms with Crippen LogP contribution in [0.1, 0.15) is 42.5 Å². The van der Waals surface area contributed by atoms with Crippen LogP contribution in [0.5, 0.6) is 0 Å². The predicted octanol–water partition coefficient (Wildman–Crippen LogP) is 4.64. The number of carbonyl (C=O) groups is 2. The molecule has 1 aromatic carbocycles. The number of ether oxygens (including phenoxy) is 1. The van der Waals surface area contributed by atoms with Gasteiger partial charge in [0.2, 0.25) is 11.8 Å². The fraction of sp³-hybridized carbons (Fsp3) is 0.500. The Bertz CT molecular complexity index is 836. The second-order valence-electron chi connectivity index (χ2n) is 7.85. The Morgan fingerprint density at radius 3 is 2.35 bits per heavy atom. The molecule has 0 aliphatic heterocycles. The van der Waals surface area contributed by atoms with Gasteiger partial charge >= 0.3 is 0 Å². The van der Waals surface area contributed by atoms with Gasteiger partial charge in [0.25, 0.3) is 0 Å². The Labute approximate surface area is 188 Å². The summed E-state index contributed by atoms with van der Waals surface area (Å²) in [6.07, 6.45) is 0.682. The zero-order valence-electron chi connectivity index (χ0n) is 18.9. The van der Waals surface area contributed by atoms with Crippen LogP contribution in [-0.4, -0.2) is 47.9 Å². The smallest absolute Gasteiger partial charge is 0.242 e. The fourth-order valence-corrected chi connectivity index (χ4v) is 4.10. The largest absolute Gasteiger partial charge is 0.382 e. The Balaban J connectivity index is 2.15. The molecule has 0 atom stereocenters. The summed E-state index contributed by atoms with van der Waals surface area (Å²) in [6.45, 7) is 10.1. The molecule has 7 heteroatoms. The fourth-order valence-electron chi connectivity index (χ4n) is 3.20. The lowest BCUT2D eigenvalue weighted by atomic mass is 10.1. The molecule has 0 saturated carbocycles. The first-order valence-electron chi connectivity index (χ1n) is 10.7. The Morgan fingerprint density at radius 2 is 1.77 bits per heavy atom. The van der Waals surface area contributed by atoms with Crippen LogP contribution in [0.2, 0.25) is 0 Å². The molecule has 2 amide bonds. The van der Waals surface area contributed by atoms with Gasteiger partial charge in [0.1, 0.15) is 5.82 Å². The molecule has 0 N–H and O–H groups in total. The zero-order chi connectivity index (χ0) is 22.8. The molecule has 170 valence electrons. The average molecular weight is 449 g/mol. The van der Waals surface area contributed by atoms with Gasteiger partial charge in [0.15, 0.2) is 0 Å². The van der Waals surface area contributed by atoms with Gasteiger partial charge in [0, 0.05) is 42.0 Å². The van der Waals surface area contributed by atoms with Crippen LogP contribution in [0, 0.1) is 18.7 Å². The van der Waals surface area contributed by atoms with E-state index in [0.717, 1.165) is 10.4 Å². The van der Waals surface area contributed by atoms with Crippen molar-refractivity contribution >= 4 is 23.2 Å². The van der Waals surface area contributed by atoms with Crippen molar-refractivity contribution in [3.05, 3.63) is 57.5 Å². The zero-order valence-corrected chi connectivity index (χ0v) is 19.7. The summed E-state index contributed by atoms with van der Waals surface area (Å²) in [5, 5.41) is 0. The first-order valence-corrected chi connectivity index (χ1v) is 11.6. The summed E-state index contributed by atoms with van der Waals surface area (Å²) in [4.78, 5) is 31.6. The molecule has 0 aliphatic rings. The molecule has 2 aromatic rings. The minimum Gasteiger partial charge on any atom is -0.382 e. The van der Waals surface area contributed by atoms with E-state index < -0.39 is 0 Å². The van der Waals surface area contributed by atoms with E-state index in [1.165, 1.54) is 17.0 Å². The molecule has 0 bridgehead atoms. The Morgan fingerprint density at radius 1 is 1.06 bits per heavy atom. The van der Waals surface area contributed by atoms with Gasteiger partial charge in [-0.1, -0.05) is 26.0 Å². The second-order valence-corrected chi connectivity index (χ2v) is 9.23. The monoisotopic (exact) mass is 448 g/mol. The predicted molar refractivity (Wildman–Crippen MR) is 122 cm³/mol. The standard InChI is InChI=1S/C24H33FN2O3S/c1-5-30-14-6-13-26(24(29)18(2)3)17-23(28)27(16-22-12-7-19(4)31-22)15-20-8-10-21(25)11-9-20/h7-12,18H,5-6,13-17H2,1-4H3. The van der Waals surface area contributed by atoms with E-state index >= 15 is 0 Å². The maximum absolute atomic E-state index is 13.3. The number of hydrogen-bond donors (Lipinski definition) is 0. The normalized spacial score (nSPS) is 11.0. The third-order valence-corrected chi connectivity index (χ3v) is 5.82. The number of benzene rings is 1. The number of amides is 2. The van der Waals surface area contributed by atoms with Crippen LogP contribution in [0.15, 0.2) is 36.4 Å². The second kappa shape index (κ2) is 12.6. The molecular weight excluding hydrogens is 415 g/mol. The summed E-state index contributed by atoms with van der Waals surface area (Å²) in [6, 6.07) is 10.2. The quantitative estimate of drug-likeness (QED) is 0.445. The lowest BCUT2D eigenvalue weighted by Crippen LogP contribution is -2.44. The van der Waals surface area contributed by atoms with E-state index in [-0.39, 0.29) is 30.1 Å². The number of thiophene rings is 1. The third kappa shape index (κ3) is 8.42. The van der Waals surface area contributed by atoms with Crippen molar-refractivity contribution in [1.82, 2.24) is 9.80 Å². The van der Waals surface area contributed by atoms with Crippen LogP contribution in [0.4, 0.5) is 4.39 Å². The molecule has 0 spiro atoms. The number of halogens is 1. The van der Waals surface area contributed by atoms with Gasteiger partial charge in [-0.25, -0.2) is 4.39 Å². The van der Waals surface area contributed by atoms with Crippen LogP contribution >= 0.6 is 11.3 Å². The van der Waals surface area contributed by atoms with Gasteiger partial charge in [-0.05, 0) is 50.1 Å². The summed E-state index contributed by atoms with van der Waals surface area (Å²) in [5.74, 6) is -0.664. The highest BCUT2D eigenvalue weighted by molar-refractivity contribution is 7.11. The maximum atomic E-state index is 13.3. The highest BCUT2D eigenvalue weighted by atomic mass is 32.1. The van der Waals surface area contributed by atoms with Crippen LogP contribution in [0.3, 0.4) is 0 Å². The van der Waals surface area contributed by atoms with Crippen molar-refractivity contribution in [3.63, 3.8) is 0 Å². The number of nitrogens with zero attached hydrogens (tertiary/aromatic N) is 2. The minimum atomic E-state index is -0.307. The van der Waals surface area contributed by atoms with E-state index in [4.69, 9.17) is 4.74 Å². The van der Waals surface area contributed by atoms with Crippen molar-refractivity contribution in [2.45, 2.75) is 47.2 Å². The highest BCUT2D eigenvalue weighted by Gasteiger charge is 2.23. The van der Waals surface area contributed by atoms with Crippen LogP contribution in [0.25, 0.3) is 0 Å². The van der Waals surface area contributed by atoms with E-state index in [0.29, 0.717) is 39.3 Å². The molecule has 1 heterocycles. The van der Waals surface area contributed by atoms with E-state index in [9.17, 15) is 14.0 Å². The molecule has 0 fully saturated rings. The van der Waals surface area contributed by atoms with Gasteiger partial charge in [0.05, 0.1) is 13.1 Å². The molecule has 1 aromatic heterocycles. The van der Waals surface area contributed by atoms with E-state index in [2.05, 4.69) is 0 Å². The van der Waals surface area contributed by atoms with Gasteiger partial charge in [-0.15, -0.1) is 11.3 Å². The van der Waals surface area contributed by atoms with Gasteiger partial charge < -0.3 is 14.5 Å².